The first-order valence-electron chi connectivity index (χ1n) is 6.70. The zero-order valence-electron chi connectivity index (χ0n) is 11.2. The molecule has 1 fully saturated rings. The molecule has 1 amide bonds. The molecule has 0 saturated heterocycles. The van der Waals surface area contributed by atoms with Gasteiger partial charge in [-0.3, -0.25) is 4.79 Å². The van der Waals surface area contributed by atoms with Gasteiger partial charge in [0.15, 0.2) is 17.4 Å². The fourth-order valence-electron chi connectivity index (χ4n) is 2.66. The zero-order valence-corrected chi connectivity index (χ0v) is 12.0. The molecule has 0 atom stereocenters. The molecule has 1 saturated carbocycles. The Morgan fingerprint density at radius 2 is 1.90 bits per heavy atom. The van der Waals surface area contributed by atoms with Crippen molar-refractivity contribution in [2.24, 2.45) is 0 Å². The lowest BCUT2D eigenvalue weighted by Crippen LogP contribution is -2.40. The van der Waals surface area contributed by atoms with Crippen molar-refractivity contribution in [1.29, 1.82) is 0 Å². The summed E-state index contributed by atoms with van der Waals surface area (Å²) < 4.78 is 40.2. The molecule has 1 aromatic rings. The number of carbonyl (C=O) groups excluding carboxylic acids is 1. The van der Waals surface area contributed by atoms with Gasteiger partial charge in [-0.05, 0) is 18.9 Å². The van der Waals surface area contributed by atoms with E-state index in [1.807, 2.05) is 0 Å². The molecule has 0 bridgehead atoms. The topological polar surface area (TPSA) is 40.5 Å². The van der Waals surface area contributed by atoms with Crippen LogP contribution < -0.4 is 0 Å². The number of hydrogen-bond acceptors (Lipinski definition) is 2. The Morgan fingerprint density at radius 1 is 1.29 bits per heavy atom. The van der Waals surface area contributed by atoms with Crippen molar-refractivity contribution in [2.75, 3.05) is 12.4 Å². The maximum absolute atomic E-state index is 13.8. The number of carbonyl (C=O) groups is 1. The second kappa shape index (κ2) is 6.56. The van der Waals surface area contributed by atoms with Gasteiger partial charge in [0.05, 0.1) is 5.56 Å². The maximum atomic E-state index is 13.8. The van der Waals surface area contributed by atoms with Gasteiger partial charge >= 0.3 is 0 Å². The number of alkyl halides is 1. The lowest BCUT2D eigenvalue weighted by Gasteiger charge is -2.28. The van der Waals surface area contributed by atoms with Crippen molar-refractivity contribution in [3.05, 3.63) is 29.1 Å². The first kappa shape index (κ1) is 15.9. The Bertz CT molecular complexity index is 548. The summed E-state index contributed by atoms with van der Waals surface area (Å²) in [6.07, 6.45) is 3.42. The van der Waals surface area contributed by atoms with E-state index in [1.54, 1.807) is 0 Å². The molecule has 1 aromatic carbocycles. The highest BCUT2D eigenvalue weighted by Gasteiger charge is 2.31. The molecule has 21 heavy (non-hydrogen) atoms. The van der Waals surface area contributed by atoms with Gasteiger partial charge < -0.3 is 10.0 Å². The third-order valence-corrected chi connectivity index (χ3v) is 3.88. The van der Waals surface area contributed by atoms with E-state index in [2.05, 4.69) is 0 Å². The van der Waals surface area contributed by atoms with Gasteiger partial charge in [0, 0.05) is 18.5 Å². The predicted octanol–water partition coefficient (Wildman–Crippen LogP) is 3.43. The summed E-state index contributed by atoms with van der Waals surface area (Å²) >= 11 is 5.66. The molecule has 0 heterocycles. The number of amides is 1. The van der Waals surface area contributed by atoms with Gasteiger partial charge in [-0.25, -0.2) is 8.78 Å². The number of hydrogen-bond donors (Lipinski definition) is 1. The monoisotopic (exact) mass is 321 g/mol. The Balaban J connectivity index is 2.36. The van der Waals surface area contributed by atoms with Gasteiger partial charge in [-0.2, -0.15) is 4.39 Å². The first-order chi connectivity index (χ1) is 9.97. The van der Waals surface area contributed by atoms with Crippen LogP contribution in [0.3, 0.4) is 0 Å². The van der Waals surface area contributed by atoms with Crippen LogP contribution in [-0.4, -0.2) is 34.4 Å². The molecular weight excluding hydrogens is 307 g/mol. The highest BCUT2D eigenvalue weighted by molar-refractivity contribution is 6.18. The molecule has 0 aromatic heterocycles. The fraction of sp³-hybridized carbons (Fsp3) is 0.500. The highest BCUT2D eigenvalue weighted by Crippen LogP contribution is 2.29. The molecule has 3 nitrogen and oxygen atoms in total. The predicted molar refractivity (Wildman–Crippen MR) is 72.0 cm³/mol. The van der Waals surface area contributed by atoms with Crippen molar-refractivity contribution in [3.63, 3.8) is 0 Å². The summed E-state index contributed by atoms with van der Waals surface area (Å²) in [4.78, 5) is 13.8. The SMILES string of the molecule is O=C(c1cc(F)c(F)c(O)c1F)N(CCCl)C1CCCC1. The zero-order chi connectivity index (χ0) is 15.6. The number of phenolic OH excluding ortho intramolecular Hbond substituents is 1. The van der Waals surface area contributed by atoms with Crippen molar-refractivity contribution >= 4 is 17.5 Å². The molecule has 1 aliphatic rings. The van der Waals surface area contributed by atoms with Crippen molar-refractivity contribution in [3.8, 4) is 5.75 Å². The van der Waals surface area contributed by atoms with Crippen molar-refractivity contribution in [2.45, 2.75) is 31.7 Å². The highest BCUT2D eigenvalue weighted by atomic mass is 35.5. The number of rotatable bonds is 4. The van der Waals surface area contributed by atoms with E-state index in [1.165, 1.54) is 4.90 Å². The van der Waals surface area contributed by atoms with Gasteiger partial charge in [0.2, 0.25) is 5.82 Å². The Morgan fingerprint density at radius 3 is 2.48 bits per heavy atom. The number of halogens is 4. The van der Waals surface area contributed by atoms with Crippen LogP contribution in [0, 0.1) is 17.5 Å². The largest absolute Gasteiger partial charge is 0.503 e. The minimum atomic E-state index is -1.70. The molecule has 1 aliphatic carbocycles. The Hall–Kier alpha value is -1.43. The van der Waals surface area contributed by atoms with E-state index >= 15 is 0 Å². The molecule has 2 rings (SSSR count). The first-order valence-corrected chi connectivity index (χ1v) is 7.24. The van der Waals surface area contributed by atoms with Gasteiger partial charge in [-0.15, -0.1) is 11.6 Å². The minimum absolute atomic E-state index is 0.0918. The average Bonchev–Trinajstić information content (AvgIpc) is 2.99. The van der Waals surface area contributed by atoms with E-state index in [4.69, 9.17) is 11.6 Å². The van der Waals surface area contributed by atoms with Gasteiger partial charge in [0.25, 0.3) is 5.91 Å². The third kappa shape index (κ3) is 3.10. The van der Waals surface area contributed by atoms with Crippen LogP contribution in [0.4, 0.5) is 13.2 Å². The Labute approximate surface area is 125 Å². The van der Waals surface area contributed by atoms with Crippen LogP contribution in [0.1, 0.15) is 36.0 Å². The molecule has 0 aliphatic heterocycles. The van der Waals surface area contributed by atoms with Crippen molar-refractivity contribution < 1.29 is 23.1 Å². The normalized spacial score (nSPS) is 15.4. The number of benzene rings is 1. The molecule has 116 valence electrons. The van der Waals surface area contributed by atoms with E-state index in [0.717, 1.165) is 25.7 Å². The molecule has 1 N–H and O–H groups in total. The number of nitrogens with zero attached hydrogens (tertiary/aromatic N) is 1. The summed E-state index contributed by atoms with van der Waals surface area (Å²) in [5.74, 6) is -6.72. The summed E-state index contributed by atoms with van der Waals surface area (Å²) in [6.45, 7) is 0.185. The summed E-state index contributed by atoms with van der Waals surface area (Å²) in [6, 6.07) is 0.383. The lowest BCUT2D eigenvalue weighted by molar-refractivity contribution is 0.0688. The smallest absolute Gasteiger partial charge is 0.257 e. The van der Waals surface area contributed by atoms with E-state index < -0.39 is 34.7 Å². The van der Waals surface area contributed by atoms with Gasteiger partial charge in [-0.1, -0.05) is 12.8 Å². The molecule has 7 heteroatoms. The fourth-order valence-corrected chi connectivity index (χ4v) is 2.84. The van der Waals surface area contributed by atoms with Crippen LogP contribution in [0.15, 0.2) is 6.07 Å². The lowest BCUT2D eigenvalue weighted by atomic mass is 10.1. The van der Waals surface area contributed by atoms with Crippen LogP contribution in [0.2, 0.25) is 0 Å². The number of phenols is 1. The van der Waals surface area contributed by atoms with E-state index in [0.29, 0.717) is 6.07 Å². The quantitative estimate of drug-likeness (QED) is 0.682. The van der Waals surface area contributed by atoms with Crippen molar-refractivity contribution in [1.82, 2.24) is 4.90 Å². The second-order valence-electron chi connectivity index (χ2n) is 5.01. The van der Waals surface area contributed by atoms with Crippen LogP contribution in [-0.2, 0) is 0 Å². The maximum Gasteiger partial charge on any atom is 0.257 e. The Kier molecular flexibility index (Phi) is 4.98. The summed E-state index contributed by atoms with van der Waals surface area (Å²) in [5, 5.41) is 9.21. The van der Waals surface area contributed by atoms with Gasteiger partial charge in [0.1, 0.15) is 0 Å². The van der Waals surface area contributed by atoms with Crippen LogP contribution >= 0.6 is 11.6 Å². The third-order valence-electron chi connectivity index (χ3n) is 3.72. The number of aromatic hydroxyl groups is 1. The molecular formula is C14H15ClF3NO2. The standard InChI is InChI=1S/C14H15ClF3NO2/c15-5-6-19(8-3-1-2-4-8)14(21)9-7-10(16)12(18)13(20)11(9)17/h7-8,20H,1-6H2. The second-order valence-corrected chi connectivity index (χ2v) is 5.39. The van der Waals surface area contributed by atoms with Crippen LogP contribution in [0.5, 0.6) is 5.75 Å². The molecule has 0 unspecified atom stereocenters. The molecule has 0 spiro atoms. The summed E-state index contributed by atoms with van der Waals surface area (Å²) in [5.41, 5.74) is -0.677. The van der Waals surface area contributed by atoms with E-state index in [9.17, 15) is 23.1 Å². The average molecular weight is 322 g/mol. The summed E-state index contributed by atoms with van der Waals surface area (Å²) in [7, 11) is 0. The minimum Gasteiger partial charge on any atom is -0.503 e. The molecule has 0 radical (unpaired) electrons. The van der Waals surface area contributed by atoms with Crippen LogP contribution in [0.25, 0.3) is 0 Å². The van der Waals surface area contributed by atoms with E-state index in [-0.39, 0.29) is 18.5 Å².